The van der Waals surface area contributed by atoms with E-state index in [-0.39, 0.29) is 11.4 Å². The molecule has 0 radical (unpaired) electrons. The van der Waals surface area contributed by atoms with Crippen molar-refractivity contribution in [3.8, 4) is 17.1 Å². The van der Waals surface area contributed by atoms with E-state index in [1.54, 1.807) is 36.4 Å². The summed E-state index contributed by atoms with van der Waals surface area (Å²) in [5.41, 5.74) is 0.375. The van der Waals surface area contributed by atoms with Gasteiger partial charge in [-0.3, -0.25) is 0 Å². The standard InChI is InChI=1S/C15H13N3O3/c1-10-7-8-13(19)12(9-10)17-14(20)16-18(15(17)21)11-5-3-2-4-6-11/h2-9,19H,1H3,(H,16,20). The number of aryl methyl sites for hydroxylation is 1. The number of rotatable bonds is 2. The highest BCUT2D eigenvalue weighted by molar-refractivity contribution is 5.47. The molecule has 0 spiro atoms. The van der Waals surface area contributed by atoms with Gasteiger partial charge < -0.3 is 5.11 Å². The number of nitrogens with one attached hydrogen (secondary N) is 1. The summed E-state index contributed by atoms with van der Waals surface area (Å²) in [5.74, 6) is -0.126. The first kappa shape index (κ1) is 13.0. The minimum Gasteiger partial charge on any atom is -0.506 e. The average molecular weight is 283 g/mol. The molecule has 0 saturated carbocycles. The van der Waals surface area contributed by atoms with Crippen LogP contribution in [0.15, 0.2) is 58.1 Å². The monoisotopic (exact) mass is 283 g/mol. The molecule has 106 valence electrons. The second-order valence-electron chi connectivity index (χ2n) is 4.70. The molecule has 2 N–H and O–H groups in total. The van der Waals surface area contributed by atoms with E-state index < -0.39 is 11.4 Å². The number of aromatic amines is 1. The predicted octanol–water partition coefficient (Wildman–Crippen LogP) is 1.33. The lowest BCUT2D eigenvalue weighted by Gasteiger charge is -2.04. The number of hydrogen-bond acceptors (Lipinski definition) is 3. The molecule has 6 nitrogen and oxygen atoms in total. The van der Waals surface area contributed by atoms with E-state index in [0.717, 1.165) is 14.8 Å². The van der Waals surface area contributed by atoms with Crippen LogP contribution >= 0.6 is 0 Å². The Hall–Kier alpha value is -3.02. The van der Waals surface area contributed by atoms with Crippen LogP contribution in [0.1, 0.15) is 5.56 Å². The molecule has 0 aliphatic carbocycles. The molecule has 0 atom stereocenters. The summed E-state index contributed by atoms with van der Waals surface area (Å²) in [5, 5.41) is 12.4. The van der Waals surface area contributed by atoms with Crippen LogP contribution in [0.4, 0.5) is 0 Å². The molecule has 0 aliphatic rings. The lowest BCUT2D eigenvalue weighted by Crippen LogP contribution is -2.26. The van der Waals surface area contributed by atoms with Gasteiger partial charge in [0.05, 0.1) is 11.4 Å². The smallest absolute Gasteiger partial charge is 0.356 e. The summed E-state index contributed by atoms with van der Waals surface area (Å²) in [6, 6.07) is 13.5. The fraction of sp³-hybridized carbons (Fsp3) is 0.0667. The first-order valence-corrected chi connectivity index (χ1v) is 6.37. The molecular formula is C15H13N3O3. The Morgan fingerprint density at radius 1 is 1.05 bits per heavy atom. The third-order valence-corrected chi connectivity index (χ3v) is 3.18. The highest BCUT2D eigenvalue weighted by atomic mass is 16.3. The van der Waals surface area contributed by atoms with Gasteiger partial charge in [0.2, 0.25) is 0 Å². The van der Waals surface area contributed by atoms with Gasteiger partial charge >= 0.3 is 11.4 Å². The number of aromatic hydroxyl groups is 1. The van der Waals surface area contributed by atoms with Gasteiger partial charge in [-0.2, -0.15) is 0 Å². The summed E-state index contributed by atoms with van der Waals surface area (Å²) in [6.07, 6.45) is 0. The Kier molecular flexibility index (Phi) is 2.98. The summed E-state index contributed by atoms with van der Waals surface area (Å²) < 4.78 is 2.05. The van der Waals surface area contributed by atoms with E-state index in [2.05, 4.69) is 5.10 Å². The normalized spacial score (nSPS) is 10.7. The Morgan fingerprint density at radius 3 is 2.48 bits per heavy atom. The van der Waals surface area contributed by atoms with E-state index in [0.29, 0.717) is 5.69 Å². The van der Waals surface area contributed by atoms with Crippen LogP contribution in [0.3, 0.4) is 0 Å². The van der Waals surface area contributed by atoms with Crippen molar-refractivity contribution in [2.24, 2.45) is 0 Å². The second kappa shape index (κ2) is 4.82. The first-order chi connectivity index (χ1) is 10.1. The summed E-state index contributed by atoms with van der Waals surface area (Å²) in [6.45, 7) is 1.82. The molecule has 21 heavy (non-hydrogen) atoms. The molecule has 0 bridgehead atoms. The van der Waals surface area contributed by atoms with Crippen molar-refractivity contribution >= 4 is 0 Å². The topological polar surface area (TPSA) is 80.0 Å². The van der Waals surface area contributed by atoms with Gasteiger partial charge in [0.25, 0.3) is 0 Å². The van der Waals surface area contributed by atoms with Crippen LogP contribution in [-0.4, -0.2) is 19.5 Å². The zero-order chi connectivity index (χ0) is 15.0. The third kappa shape index (κ3) is 2.16. The fourth-order valence-corrected chi connectivity index (χ4v) is 2.16. The van der Waals surface area contributed by atoms with Gasteiger partial charge in [0.15, 0.2) is 0 Å². The van der Waals surface area contributed by atoms with E-state index in [1.807, 2.05) is 13.0 Å². The molecule has 0 aliphatic heterocycles. The van der Waals surface area contributed by atoms with Gasteiger partial charge in [0.1, 0.15) is 5.75 Å². The maximum atomic E-state index is 12.4. The highest BCUT2D eigenvalue weighted by Crippen LogP contribution is 2.20. The van der Waals surface area contributed by atoms with E-state index in [9.17, 15) is 14.7 Å². The SMILES string of the molecule is Cc1ccc(O)c(-n2c(=O)[nH]n(-c3ccccc3)c2=O)c1. The average Bonchev–Trinajstić information content (AvgIpc) is 2.78. The van der Waals surface area contributed by atoms with Crippen molar-refractivity contribution in [1.29, 1.82) is 0 Å². The predicted molar refractivity (Wildman–Crippen MR) is 78.4 cm³/mol. The highest BCUT2D eigenvalue weighted by Gasteiger charge is 2.15. The molecule has 1 heterocycles. The van der Waals surface area contributed by atoms with Crippen LogP contribution in [0.2, 0.25) is 0 Å². The number of nitrogens with zero attached hydrogens (tertiary/aromatic N) is 2. The molecule has 0 amide bonds. The zero-order valence-electron chi connectivity index (χ0n) is 11.3. The minimum absolute atomic E-state index is 0.126. The van der Waals surface area contributed by atoms with Crippen molar-refractivity contribution in [2.75, 3.05) is 0 Å². The van der Waals surface area contributed by atoms with Crippen LogP contribution in [-0.2, 0) is 0 Å². The van der Waals surface area contributed by atoms with E-state index in [4.69, 9.17) is 0 Å². The van der Waals surface area contributed by atoms with Gasteiger partial charge in [-0.05, 0) is 36.8 Å². The fourth-order valence-electron chi connectivity index (χ4n) is 2.16. The second-order valence-corrected chi connectivity index (χ2v) is 4.70. The minimum atomic E-state index is -0.607. The van der Waals surface area contributed by atoms with Gasteiger partial charge in [-0.25, -0.2) is 23.9 Å². The van der Waals surface area contributed by atoms with Crippen molar-refractivity contribution in [1.82, 2.24) is 14.3 Å². The Balaban J connectivity index is 2.27. The molecule has 0 fully saturated rings. The molecule has 0 saturated heterocycles. The van der Waals surface area contributed by atoms with E-state index in [1.165, 1.54) is 6.07 Å². The van der Waals surface area contributed by atoms with Crippen molar-refractivity contribution in [2.45, 2.75) is 6.92 Å². The molecule has 3 rings (SSSR count). The maximum absolute atomic E-state index is 12.4. The molecule has 2 aromatic carbocycles. The molecule has 6 heteroatoms. The maximum Gasteiger partial charge on any atom is 0.356 e. The number of H-pyrrole nitrogens is 1. The van der Waals surface area contributed by atoms with Crippen molar-refractivity contribution in [3.05, 3.63) is 75.1 Å². The molecule has 0 unspecified atom stereocenters. The van der Waals surface area contributed by atoms with Gasteiger partial charge in [0, 0.05) is 0 Å². The summed E-state index contributed by atoms with van der Waals surface area (Å²) in [4.78, 5) is 24.5. The Morgan fingerprint density at radius 2 is 1.76 bits per heavy atom. The third-order valence-electron chi connectivity index (χ3n) is 3.18. The number of hydrogen-bond donors (Lipinski definition) is 2. The lowest BCUT2D eigenvalue weighted by molar-refractivity contribution is 0.471. The largest absolute Gasteiger partial charge is 0.506 e. The van der Waals surface area contributed by atoms with Crippen LogP contribution in [0.5, 0.6) is 5.75 Å². The van der Waals surface area contributed by atoms with Gasteiger partial charge in [-0.1, -0.05) is 24.3 Å². The summed E-state index contributed by atoms with van der Waals surface area (Å²) >= 11 is 0. The van der Waals surface area contributed by atoms with Crippen LogP contribution in [0, 0.1) is 6.92 Å². The Labute approximate surface area is 119 Å². The first-order valence-electron chi connectivity index (χ1n) is 6.37. The van der Waals surface area contributed by atoms with Crippen molar-refractivity contribution < 1.29 is 5.11 Å². The quantitative estimate of drug-likeness (QED) is 0.744. The lowest BCUT2D eigenvalue weighted by atomic mass is 10.2. The molecule has 1 aromatic heterocycles. The van der Waals surface area contributed by atoms with Crippen molar-refractivity contribution in [3.63, 3.8) is 0 Å². The van der Waals surface area contributed by atoms with Crippen LogP contribution < -0.4 is 11.4 Å². The summed E-state index contributed by atoms with van der Waals surface area (Å²) in [7, 11) is 0. The number of para-hydroxylation sites is 1. The number of benzene rings is 2. The van der Waals surface area contributed by atoms with Gasteiger partial charge in [-0.15, -0.1) is 0 Å². The van der Waals surface area contributed by atoms with Crippen LogP contribution in [0.25, 0.3) is 11.4 Å². The Bertz CT molecular complexity index is 904. The zero-order valence-corrected chi connectivity index (χ0v) is 11.3. The number of phenolic OH excluding ortho intramolecular Hbond substituents is 1. The molecule has 3 aromatic rings. The number of aromatic nitrogens is 3. The molecular weight excluding hydrogens is 270 g/mol. The van der Waals surface area contributed by atoms with E-state index >= 15 is 0 Å². The number of phenols is 1.